The molecule has 1 atom stereocenters. The number of aromatic nitrogens is 6. The van der Waals surface area contributed by atoms with Crippen molar-refractivity contribution in [3.63, 3.8) is 0 Å². The van der Waals surface area contributed by atoms with Gasteiger partial charge in [0.2, 0.25) is 0 Å². The Kier molecular flexibility index (Phi) is 8.40. The van der Waals surface area contributed by atoms with Gasteiger partial charge in [-0.05, 0) is 50.2 Å². The van der Waals surface area contributed by atoms with E-state index in [1.54, 1.807) is 23.1 Å². The lowest BCUT2D eigenvalue weighted by molar-refractivity contribution is -0.207. The van der Waals surface area contributed by atoms with E-state index < -0.39 is 30.1 Å². The molecule has 0 radical (unpaired) electrons. The van der Waals surface area contributed by atoms with Gasteiger partial charge in [0.05, 0.1) is 35.0 Å². The molecule has 16 heteroatoms. The van der Waals surface area contributed by atoms with Gasteiger partial charge in [-0.3, -0.25) is 9.36 Å². The molecule has 4 aromatic rings. The third-order valence-electron chi connectivity index (χ3n) is 6.75. The molecule has 5 rings (SSSR count). The zero-order valence-corrected chi connectivity index (χ0v) is 24.4. The Hall–Kier alpha value is -3.72. The van der Waals surface area contributed by atoms with Crippen LogP contribution in [0.15, 0.2) is 53.6 Å². The number of nitrogens with zero attached hydrogens (tertiary/aromatic N) is 7. The monoisotopic (exact) mass is 639 g/mol. The molecule has 0 bridgehead atoms. The van der Waals surface area contributed by atoms with Gasteiger partial charge in [-0.1, -0.05) is 29.3 Å². The molecule has 1 N–H and O–H groups in total. The number of ether oxygens (including phenoxy) is 1. The number of hydrogen-bond acceptors (Lipinski definition) is 7. The Bertz CT molecular complexity index is 1700. The third-order valence-corrected chi connectivity index (χ3v) is 7.31. The molecule has 1 amide bonds. The highest BCUT2D eigenvalue weighted by atomic mass is 35.5. The van der Waals surface area contributed by atoms with E-state index in [0.29, 0.717) is 30.3 Å². The molecule has 1 aliphatic heterocycles. The SMILES string of the molecule is CC1(C)CN(C(=O)c2cccc(Cl)c2-n2cnc(Cn3nc(-c4ccc(Cl)cc4)n(C[C@H](O)C(F)(F)F)c3=O)n2)CCO1. The van der Waals surface area contributed by atoms with Gasteiger partial charge < -0.3 is 14.7 Å². The van der Waals surface area contributed by atoms with Gasteiger partial charge in [0, 0.05) is 23.7 Å². The molecule has 1 aliphatic rings. The van der Waals surface area contributed by atoms with Crippen LogP contribution in [0.4, 0.5) is 13.2 Å². The van der Waals surface area contributed by atoms with Crippen LogP contribution in [0.1, 0.15) is 30.0 Å². The first-order valence-corrected chi connectivity index (χ1v) is 13.8. The van der Waals surface area contributed by atoms with Crippen LogP contribution < -0.4 is 5.69 Å². The fourth-order valence-electron chi connectivity index (χ4n) is 4.69. The van der Waals surface area contributed by atoms with Crippen molar-refractivity contribution in [3.8, 4) is 17.1 Å². The summed E-state index contributed by atoms with van der Waals surface area (Å²) in [5, 5.41) is 18.9. The standard InChI is InChI=1S/C27H26Cl2F3N7O4/c1-26(2)14-36(10-11-43-26)24(41)18-4-3-5-19(29)22(18)39-15-33-21(34-39)13-38-25(42)37(12-20(40)27(30,31)32)23(35-38)16-6-8-17(28)9-7-16/h3-9,15,20,40H,10-14H2,1-2H3/t20-/m0/s1. The second-order valence-electron chi connectivity index (χ2n) is 10.5. The van der Waals surface area contributed by atoms with Crippen molar-refractivity contribution in [2.75, 3.05) is 19.7 Å². The van der Waals surface area contributed by atoms with E-state index >= 15 is 0 Å². The van der Waals surface area contributed by atoms with E-state index in [2.05, 4.69) is 15.2 Å². The van der Waals surface area contributed by atoms with E-state index in [-0.39, 0.29) is 40.4 Å². The number of benzene rings is 2. The number of alkyl halides is 3. The average molecular weight is 640 g/mol. The van der Waals surface area contributed by atoms with Crippen LogP contribution >= 0.6 is 23.2 Å². The summed E-state index contributed by atoms with van der Waals surface area (Å²) in [6.07, 6.45) is -6.45. The predicted octanol–water partition coefficient (Wildman–Crippen LogP) is 3.82. The number of aliphatic hydroxyl groups is 1. The van der Waals surface area contributed by atoms with Gasteiger partial charge in [-0.25, -0.2) is 19.1 Å². The topological polar surface area (TPSA) is 120 Å². The molecule has 3 heterocycles. The zero-order valence-electron chi connectivity index (χ0n) is 22.9. The predicted molar refractivity (Wildman–Crippen MR) is 150 cm³/mol. The lowest BCUT2D eigenvalue weighted by Crippen LogP contribution is -2.50. The lowest BCUT2D eigenvalue weighted by Gasteiger charge is -2.38. The van der Waals surface area contributed by atoms with Crippen LogP contribution in [0, 0.1) is 0 Å². The van der Waals surface area contributed by atoms with E-state index in [4.69, 9.17) is 27.9 Å². The Balaban J connectivity index is 1.47. The summed E-state index contributed by atoms with van der Waals surface area (Å²) in [4.78, 5) is 32.6. The van der Waals surface area contributed by atoms with E-state index in [0.717, 1.165) is 9.25 Å². The van der Waals surface area contributed by atoms with Crippen LogP contribution in [0.3, 0.4) is 0 Å². The zero-order chi connectivity index (χ0) is 31.1. The highest BCUT2D eigenvalue weighted by Crippen LogP contribution is 2.28. The number of rotatable bonds is 7. The minimum Gasteiger partial charge on any atom is -0.382 e. The first kappa shape index (κ1) is 30.7. The van der Waals surface area contributed by atoms with Crippen LogP contribution in [-0.4, -0.2) is 82.6 Å². The number of para-hydroxylation sites is 1. The summed E-state index contributed by atoms with van der Waals surface area (Å²) in [6.45, 7) is 3.51. The Morgan fingerprint density at radius 2 is 1.86 bits per heavy atom. The first-order chi connectivity index (χ1) is 20.2. The number of carbonyl (C=O) groups excluding carboxylic acids is 1. The second kappa shape index (κ2) is 11.8. The summed E-state index contributed by atoms with van der Waals surface area (Å²) in [6, 6.07) is 10.8. The van der Waals surface area contributed by atoms with Crippen molar-refractivity contribution < 1.29 is 27.8 Å². The van der Waals surface area contributed by atoms with Gasteiger partial charge in [-0.15, -0.1) is 10.2 Å². The van der Waals surface area contributed by atoms with Crippen LogP contribution in [0.5, 0.6) is 0 Å². The van der Waals surface area contributed by atoms with Crippen molar-refractivity contribution >= 4 is 29.1 Å². The van der Waals surface area contributed by atoms with Crippen molar-refractivity contribution in [2.45, 2.75) is 44.8 Å². The molecule has 1 saturated heterocycles. The summed E-state index contributed by atoms with van der Waals surface area (Å²) in [5.74, 6) is -0.329. The molecule has 0 aliphatic carbocycles. The van der Waals surface area contributed by atoms with E-state index in [9.17, 15) is 27.9 Å². The molecule has 2 aromatic heterocycles. The van der Waals surface area contributed by atoms with Crippen LogP contribution in [-0.2, 0) is 17.8 Å². The Labute approximate surface area is 253 Å². The minimum atomic E-state index is -4.96. The van der Waals surface area contributed by atoms with Gasteiger partial charge in [0.1, 0.15) is 12.9 Å². The minimum absolute atomic E-state index is 0.0663. The first-order valence-electron chi connectivity index (χ1n) is 13.0. The fraction of sp³-hybridized carbons (Fsp3) is 0.370. The average Bonchev–Trinajstić information content (AvgIpc) is 3.52. The van der Waals surface area contributed by atoms with Crippen LogP contribution in [0.2, 0.25) is 10.0 Å². The fourth-order valence-corrected chi connectivity index (χ4v) is 5.08. The number of amides is 1. The van der Waals surface area contributed by atoms with Crippen LogP contribution in [0.25, 0.3) is 17.1 Å². The molecule has 1 fully saturated rings. The summed E-state index contributed by atoms with van der Waals surface area (Å²) < 4.78 is 48.1. The van der Waals surface area contributed by atoms with Crippen molar-refractivity contribution in [3.05, 3.63) is 80.7 Å². The molecule has 0 spiro atoms. The van der Waals surface area contributed by atoms with Gasteiger partial charge >= 0.3 is 11.9 Å². The maximum Gasteiger partial charge on any atom is 0.416 e. The van der Waals surface area contributed by atoms with E-state index in [1.807, 2.05) is 13.8 Å². The van der Waals surface area contributed by atoms with Crippen molar-refractivity contribution in [1.82, 2.24) is 34.0 Å². The summed E-state index contributed by atoms with van der Waals surface area (Å²) >= 11 is 12.4. The number of aliphatic hydroxyl groups excluding tert-OH is 1. The quantitative estimate of drug-likeness (QED) is 0.326. The van der Waals surface area contributed by atoms with Crippen molar-refractivity contribution in [1.29, 1.82) is 0 Å². The largest absolute Gasteiger partial charge is 0.416 e. The lowest BCUT2D eigenvalue weighted by atomic mass is 10.1. The van der Waals surface area contributed by atoms with Gasteiger partial charge in [0.25, 0.3) is 5.91 Å². The third kappa shape index (κ3) is 6.61. The molecule has 0 unspecified atom stereocenters. The number of carbonyl (C=O) groups is 1. The highest BCUT2D eigenvalue weighted by Gasteiger charge is 2.39. The molecule has 43 heavy (non-hydrogen) atoms. The molecule has 11 nitrogen and oxygen atoms in total. The van der Waals surface area contributed by atoms with E-state index in [1.165, 1.54) is 35.3 Å². The number of hydrogen-bond donors (Lipinski definition) is 1. The molecular formula is C27H26Cl2F3N7O4. The molecule has 2 aromatic carbocycles. The Morgan fingerprint density at radius 1 is 1.14 bits per heavy atom. The molecule has 0 saturated carbocycles. The van der Waals surface area contributed by atoms with Gasteiger partial charge in [0.15, 0.2) is 17.8 Å². The molecule has 228 valence electrons. The highest BCUT2D eigenvalue weighted by molar-refractivity contribution is 6.33. The normalized spacial score (nSPS) is 16.0. The molecular weight excluding hydrogens is 614 g/mol. The summed E-state index contributed by atoms with van der Waals surface area (Å²) in [5.41, 5.74) is -0.601. The Morgan fingerprint density at radius 3 is 2.53 bits per heavy atom. The number of morpholine rings is 1. The maximum absolute atomic E-state index is 13.5. The summed E-state index contributed by atoms with van der Waals surface area (Å²) in [7, 11) is 0. The second-order valence-corrected chi connectivity index (χ2v) is 11.4. The maximum atomic E-state index is 13.5. The smallest absolute Gasteiger partial charge is 0.382 e. The number of halogens is 5. The van der Waals surface area contributed by atoms with Gasteiger partial charge in [-0.2, -0.15) is 13.2 Å². The van der Waals surface area contributed by atoms with Crippen molar-refractivity contribution in [2.24, 2.45) is 0 Å².